The minimum atomic E-state index is 0.407. The lowest BCUT2D eigenvalue weighted by atomic mass is 10.1. The number of nitrogens with zero attached hydrogens (tertiary/aromatic N) is 1. The summed E-state index contributed by atoms with van der Waals surface area (Å²) in [6, 6.07) is 10.2. The highest BCUT2D eigenvalue weighted by Crippen LogP contribution is 2.36. The summed E-state index contributed by atoms with van der Waals surface area (Å²) in [6.07, 6.45) is 4.22. The predicted molar refractivity (Wildman–Crippen MR) is 66.8 cm³/mol. The lowest BCUT2D eigenvalue weighted by molar-refractivity contribution is 0.155. The van der Waals surface area contributed by atoms with Crippen molar-refractivity contribution in [2.24, 2.45) is 5.92 Å². The summed E-state index contributed by atoms with van der Waals surface area (Å²) < 4.78 is 6.06. The molecule has 0 saturated heterocycles. The van der Waals surface area contributed by atoms with E-state index in [0.29, 0.717) is 6.10 Å². The van der Waals surface area contributed by atoms with Crippen LogP contribution in [0, 0.1) is 5.92 Å². The largest absolute Gasteiger partial charge is 0.490 e. The van der Waals surface area contributed by atoms with Crippen molar-refractivity contribution >= 4 is 0 Å². The smallest absolute Gasteiger partial charge is 0.119 e. The van der Waals surface area contributed by atoms with Gasteiger partial charge in [-0.15, -0.1) is 0 Å². The van der Waals surface area contributed by atoms with Gasteiger partial charge >= 0.3 is 0 Å². The Labute approximate surface area is 98.2 Å². The minimum absolute atomic E-state index is 0.407. The third kappa shape index (κ3) is 3.53. The fourth-order valence-electron chi connectivity index (χ4n) is 1.92. The first-order chi connectivity index (χ1) is 7.75. The molecule has 0 aliphatic heterocycles. The van der Waals surface area contributed by atoms with Gasteiger partial charge in [-0.3, -0.25) is 0 Å². The van der Waals surface area contributed by atoms with Gasteiger partial charge in [0.25, 0.3) is 0 Å². The monoisotopic (exact) mass is 219 g/mol. The second kappa shape index (κ2) is 5.35. The van der Waals surface area contributed by atoms with Gasteiger partial charge in [-0.2, -0.15) is 0 Å². The van der Waals surface area contributed by atoms with E-state index >= 15 is 0 Å². The molecular weight excluding hydrogens is 198 g/mol. The normalized spacial score (nSPS) is 17.4. The van der Waals surface area contributed by atoms with Crippen molar-refractivity contribution in [3.63, 3.8) is 0 Å². The molecule has 88 valence electrons. The highest BCUT2D eigenvalue weighted by molar-refractivity contribution is 5.21. The van der Waals surface area contributed by atoms with Gasteiger partial charge in [0.2, 0.25) is 0 Å². The van der Waals surface area contributed by atoms with E-state index in [1.807, 2.05) is 30.3 Å². The van der Waals surface area contributed by atoms with Crippen molar-refractivity contribution in [2.75, 3.05) is 20.6 Å². The average Bonchev–Trinajstić information content (AvgIpc) is 3.09. The predicted octanol–water partition coefficient (Wildman–Crippen LogP) is 2.80. The molecule has 0 N–H and O–H groups in total. The Hall–Kier alpha value is -1.02. The summed E-state index contributed by atoms with van der Waals surface area (Å²) in [5.41, 5.74) is 0. The van der Waals surface area contributed by atoms with E-state index < -0.39 is 0 Å². The van der Waals surface area contributed by atoms with Crippen LogP contribution in [0.3, 0.4) is 0 Å². The summed E-state index contributed by atoms with van der Waals surface area (Å²) >= 11 is 0. The molecule has 1 aliphatic carbocycles. The van der Waals surface area contributed by atoms with E-state index in [2.05, 4.69) is 19.0 Å². The summed E-state index contributed by atoms with van der Waals surface area (Å²) in [4.78, 5) is 2.23. The first kappa shape index (κ1) is 11.5. The van der Waals surface area contributed by atoms with Crippen LogP contribution in [0.15, 0.2) is 30.3 Å². The van der Waals surface area contributed by atoms with Gasteiger partial charge in [0.05, 0.1) is 0 Å². The Morgan fingerprint density at radius 3 is 2.50 bits per heavy atom. The second-order valence-electron chi connectivity index (χ2n) is 4.90. The second-order valence-corrected chi connectivity index (χ2v) is 4.90. The molecule has 1 unspecified atom stereocenters. The number of hydrogen-bond donors (Lipinski definition) is 0. The van der Waals surface area contributed by atoms with Crippen LogP contribution in [0.5, 0.6) is 5.75 Å². The topological polar surface area (TPSA) is 12.5 Å². The van der Waals surface area contributed by atoms with Crippen molar-refractivity contribution < 1.29 is 4.74 Å². The lowest BCUT2D eigenvalue weighted by Crippen LogP contribution is -2.25. The Kier molecular flexibility index (Phi) is 3.83. The molecule has 1 aliphatic rings. The third-order valence-electron chi connectivity index (χ3n) is 3.04. The first-order valence-corrected chi connectivity index (χ1v) is 6.12. The number of ether oxygens (including phenoxy) is 1. The van der Waals surface area contributed by atoms with E-state index in [0.717, 1.165) is 24.6 Å². The van der Waals surface area contributed by atoms with Crippen LogP contribution >= 0.6 is 0 Å². The van der Waals surface area contributed by atoms with Gasteiger partial charge in [0.15, 0.2) is 0 Å². The van der Waals surface area contributed by atoms with Crippen LogP contribution in [-0.4, -0.2) is 31.6 Å². The molecule has 0 bridgehead atoms. The van der Waals surface area contributed by atoms with Crippen molar-refractivity contribution in [3.05, 3.63) is 30.3 Å². The summed E-state index contributed by atoms with van der Waals surface area (Å²) in [7, 11) is 4.24. The fraction of sp³-hybridized carbons (Fsp3) is 0.571. The molecular formula is C14H21NO. The molecule has 2 rings (SSSR count). The van der Waals surface area contributed by atoms with Gasteiger partial charge < -0.3 is 9.64 Å². The quantitative estimate of drug-likeness (QED) is 0.729. The Bertz CT molecular complexity index is 306. The maximum atomic E-state index is 6.06. The minimum Gasteiger partial charge on any atom is -0.490 e. The molecule has 1 aromatic rings. The zero-order valence-electron chi connectivity index (χ0n) is 10.2. The van der Waals surface area contributed by atoms with Crippen LogP contribution < -0.4 is 4.74 Å². The van der Waals surface area contributed by atoms with E-state index in [9.17, 15) is 0 Å². The van der Waals surface area contributed by atoms with Crippen LogP contribution in [0.2, 0.25) is 0 Å². The number of hydrogen-bond acceptors (Lipinski definition) is 2. The molecule has 16 heavy (non-hydrogen) atoms. The zero-order chi connectivity index (χ0) is 11.4. The molecule has 0 spiro atoms. The maximum Gasteiger partial charge on any atom is 0.119 e. The van der Waals surface area contributed by atoms with Gasteiger partial charge in [-0.25, -0.2) is 0 Å². The molecule has 2 heteroatoms. The highest BCUT2D eigenvalue weighted by Gasteiger charge is 2.32. The van der Waals surface area contributed by atoms with Gasteiger partial charge in [-0.05, 0) is 51.4 Å². The number of rotatable bonds is 6. The van der Waals surface area contributed by atoms with Crippen LogP contribution in [0.1, 0.15) is 19.3 Å². The van der Waals surface area contributed by atoms with Gasteiger partial charge in [0.1, 0.15) is 11.9 Å². The molecule has 0 aromatic heterocycles. The van der Waals surface area contributed by atoms with Crippen molar-refractivity contribution in [3.8, 4) is 5.75 Å². The average molecular weight is 219 g/mol. The van der Waals surface area contributed by atoms with E-state index in [4.69, 9.17) is 4.74 Å². The van der Waals surface area contributed by atoms with E-state index in [1.54, 1.807) is 0 Å². The highest BCUT2D eigenvalue weighted by atomic mass is 16.5. The standard InChI is InChI=1S/C14H21NO/c1-15(2)11-10-14(12-8-9-12)16-13-6-4-3-5-7-13/h3-7,12,14H,8-11H2,1-2H3. The van der Waals surface area contributed by atoms with Gasteiger partial charge in [0, 0.05) is 6.54 Å². The van der Waals surface area contributed by atoms with E-state index in [1.165, 1.54) is 12.8 Å². The number of para-hydroxylation sites is 1. The lowest BCUT2D eigenvalue weighted by Gasteiger charge is -2.20. The Morgan fingerprint density at radius 1 is 1.25 bits per heavy atom. The third-order valence-corrected chi connectivity index (χ3v) is 3.04. The molecule has 0 radical (unpaired) electrons. The fourth-order valence-corrected chi connectivity index (χ4v) is 1.92. The molecule has 1 atom stereocenters. The van der Waals surface area contributed by atoms with Crippen LogP contribution in [-0.2, 0) is 0 Å². The molecule has 1 fully saturated rings. The molecule has 0 heterocycles. The van der Waals surface area contributed by atoms with Crippen molar-refractivity contribution in [2.45, 2.75) is 25.4 Å². The zero-order valence-corrected chi connectivity index (χ0v) is 10.2. The SMILES string of the molecule is CN(C)CCC(Oc1ccccc1)C1CC1. The van der Waals surface area contributed by atoms with Crippen molar-refractivity contribution in [1.82, 2.24) is 4.90 Å². The maximum absolute atomic E-state index is 6.06. The van der Waals surface area contributed by atoms with Crippen LogP contribution in [0.25, 0.3) is 0 Å². The summed E-state index contributed by atoms with van der Waals surface area (Å²) in [6.45, 7) is 1.11. The molecule has 1 saturated carbocycles. The summed E-state index contributed by atoms with van der Waals surface area (Å²) in [5, 5.41) is 0. The van der Waals surface area contributed by atoms with Crippen LogP contribution in [0.4, 0.5) is 0 Å². The molecule has 0 amide bonds. The van der Waals surface area contributed by atoms with Gasteiger partial charge in [-0.1, -0.05) is 18.2 Å². The Balaban J connectivity index is 1.87. The summed E-state index contributed by atoms with van der Waals surface area (Å²) in [5.74, 6) is 1.80. The molecule has 1 aromatic carbocycles. The Morgan fingerprint density at radius 2 is 1.94 bits per heavy atom. The van der Waals surface area contributed by atoms with E-state index in [-0.39, 0.29) is 0 Å². The number of benzene rings is 1. The molecule has 2 nitrogen and oxygen atoms in total. The first-order valence-electron chi connectivity index (χ1n) is 6.12. The van der Waals surface area contributed by atoms with Crippen molar-refractivity contribution in [1.29, 1.82) is 0 Å².